The minimum atomic E-state index is -0.892. The highest BCUT2D eigenvalue weighted by Crippen LogP contribution is 2.44. The van der Waals surface area contributed by atoms with Crippen LogP contribution < -0.4 is 5.32 Å². The first kappa shape index (κ1) is 16.2. The number of carbonyl (C=O) groups is 2. The summed E-state index contributed by atoms with van der Waals surface area (Å²) in [5, 5.41) is 16.7. The summed E-state index contributed by atoms with van der Waals surface area (Å²) in [5.74, 6) is -1.15. The number of carboxylic acid groups (broad SMARTS) is 1. The first-order valence-electron chi connectivity index (χ1n) is 8.07. The highest BCUT2D eigenvalue weighted by molar-refractivity contribution is 5.96. The second kappa shape index (κ2) is 6.11. The fourth-order valence-electron chi connectivity index (χ4n) is 3.21. The third-order valence-corrected chi connectivity index (χ3v) is 4.68. The Bertz CT molecular complexity index is 791. The smallest absolute Gasteiger partial charge is 0.310 e. The molecule has 0 unspecified atom stereocenters. The molecule has 24 heavy (non-hydrogen) atoms. The number of amides is 1. The zero-order valence-corrected chi connectivity index (χ0v) is 13.9. The highest BCUT2D eigenvalue weighted by Gasteiger charge is 2.45. The molecular formula is C18H21N3O3. The van der Waals surface area contributed by atoms with E-state index in [2.05, 4.69) is 10.4 Å². The molecule has 0 aliphatic heterocycles. The van der Waals surface area contributed by atoms with Crippen LogP contribution in [0.15, 0.2) is 30.3 Å². The number of hydrogen-bond donors (Lipinski definition) is 2. The minimum Gasteiger partial charge on any atom is -0.481 e. The number of nitrogens with zero attached hydrogens (tertiary/aromatic N) is 2. The molecule has 1 aliphatic rings. The van der Waals surface area contributed by atoms with Crippen LogP contribution in [0.3, 0.4) is 0 Å². The lowest BCUT2D eigenvalue weighted by atomic mass is 9.66. The standard InChI is InChI=1S/C18H21N3O3/c1-12-10-13(2)21(20-12)15-7-4-3-6-14(15)19-16(22)11-18(17(23)24)8-5-9-18/h3-4,6-7,10H,5,8-9,11H2,1-2H3,(H,19,22)(H,23,24). The van der Waals surface area contributed by atoms with Crippen molar-refractivity contribution in [1.29, 1.82) is 0 Å². The zero-order valence-electron chi connectivity index (χ0n) is 13.9. The first-order valence-corrected chi connectivity index (χ1v) is 8.07. The van der Waals surface area contributed by atoms with E-state index in [-0.39, 0.29) is 12.3 Å². The topological polar surface area (TPSA) is 84.2 Å². The maximum Gasteiger partial charge on any atom is 0.310 e. The number of anilines is 1. The molecule has 1 aliphatic carbocycles. The lowest BCUT2D eigenvalue weighted by molar-refractivity contribution is -0.157. The Morgan fingerprint density at radius 2 is 2.00 bits per heavy atom. The fraction of sp³-hybridized carbons (Fsp3) is 0.389. The molecule has 1 fully saturated rings. The number of hydrogen-bond acceptors (Lipinski definition) is 3. The Morgan fingerprint density at radius 3 is 2.54 bits per heavy atom. The molecule has 0 bridgehead atoms. The summed E-state index contributed by atoms with van der Waals surface area (Å²) in [6.45, 7) is 3.87. The van der Waals surface area contributed by atoms with E-state index in [0.717, 1.165) is 23.5 Å². The molecule has 0 radical (unpaired) electrons. The van der Waals surface area contributed by atoms with E-state index >= 15 is 0 Å². The molecule has 3 rings (SSSR count). The van der Waals surface area contributed by atoms with Crippen molar-refractivity contribution in [2.45, 2.75) is 39.5 Å². The molecule has 6 nitrogen and oxygen atoms in total. The van der Waals surface area contributed by atoms with Gasteiger partial charge in [-0.1, -0.05) is 18.6 Å². The average Bonchev–Trinajstić information content (AvgIpc) is 2.81. The predicted octanol–water partition coefficient (Wildman–Crippen LogP) is 3.07. The lowest BCUT2D eigenvalue weighted by Crippen LogP contribution is -2.41. The van der Waals surface area contributed by atoms with Crippen molar-refractivity contribution in [3.8, 4) is 5.69 Å². The number of carboxylic acids is 1. The van der Waals surface area contributed by atoms with E-state index in [9.17, 15) is 14.7 Å². The molecule has 126 valence electrons. The van der Waals surface area contributed by atoms with E-state index in [4.69, 9.17) is 0 Å². The normalized spacial score (nSPS) is 15.6. The van der Waals surface area contributed by atoms with Gasteiger partial charge in [0.15, 0.2) is 0 Å². The number of rotatable bonds is 5. The number of nitrogens with one attached hydrogen (secondary N) is 1. The van der Waals surface area contributed by atoms with Gasteiger partial charge in [-0.15, -0.1) is 0 Å². The van der Waals surface area contributed by atoms with Gasteiger partial charge >= 0.3 is 5.97 Å². The van der Waals surface area contributed by atoms with Crippen molar-refractivity contribution in [3.63, 3.8) is 0 Å². The quantitative estimate of drug-likeness (QED) is 0.884. The van der Waals surface area contributed by atoms with Crippen LogP contribution in [-0.2, 0) is 9.59 Å². The predicted molar refractivity (Wildman–Crippen MR) is 90.2 cm³/mol. The van der Waals surface area contributed by atoms with Crippen LogP contribution in [-0.4, -0.2) is 26.8 Å². The summed E-state index contributed by atoms with van der Waals surface area (Å²) >= 11 is 0. The van der Waals surface area contributed by atoms with Crippen molar-refractivity contribution in [1.82, 2.24) is 9.78 Å². The Kier molecular flexibility index (Phi) is 4.13. The van der Waals surface area contributed by atoms with Gasteiger partial charge in [-0.3, -0.25) is 9.59 Å². The van der Waals surface area contributed by atoms with Crippen LogP contribution in [0.1, 0.15) is 37.1 Å². The molecule has 1 aromatic carbocycles. The Labute approximate surface area is 140 Å². The van der Waals surface area contributed by atoms with Gasteiger partial charge in [0.2, 0.25) is 5.91 Å². The van der Waals surface area contributed by atoms with E-state index < -0.39 is 11.4 Å². The van der Waals surface area contributed by atoms with Crippen LogP contribution in [0.5, 0.6) is 0 Å². The van der Waals surface area contributed by atoms with Crippen molar-refractivity contribution >= 4 is 17.6 Å². The van der Waals surface area contributed by atoms with Gasteiger partial charge < -0.3 is 10.4 Å². The number of aryl methyl sites for hydroxylation is 2. The van der Waals surface area contributed by atoms with Crippen LogP contribution >= 0.6 is 0 Å². The molecule has 1 heterocycles. The number of aliphatic carboxylic acids is 1. The van der Waals surface area contributed by atoms with Crippen molar-refractivity contribution in [2.24, 2.45) is 5.41 Å². The van der Waals surface area contributed by atoms with Crippen LogP contribution in [0.4, 0.5) is 5.69 Å². The van der Waals surface area contributed by atoms with Gasteiger partial charge in [-0.25, -0.2) is 4.68 Å². The van der Waals surface area contributed by atoms with Gasteiger partial charge in [-0.2, -0.15) is 5.10 Å². The summed E-state index contributed by atoms with van der Waals surface area (Å²) in [5.41, 5.74) is 2.38. The van der Waals surface area contributed by atoms with Crippen LogP contribution in [0.25, 0.3) is 5.69 Å². The van der Waals surface area contributed by atoms with Crippen LogP contribution in [0, 0.1) is 19.3 Å². The molecule has 0 atom stereocenters. The zero-order chi connectivity index (χ0) is 17.3. The summed E-state index contributed by atoms with van der Waals surface area (Å²) in [4.78, 5) is 23.8. The van der Waals surface area contributed by atoms with Crippen molar-refractivity contribution < 1.29 is 14.7 Å². The maximum atomic E-state index is 12.4. The molecule has 6 heteroatoms. The van der Waals surface area contributed by atoms with Gasteiger partial charge in [-0.05, 0) is 44.9 Å². The molecule has 0 spiro atoms. The van der Waals surface area contributed by atoms with Crippen LogP contribution in [0.2, 0.25) is 0 Å². The second-order valence-corrected chi connectivity index (χ2v) is 6.52. The molecule has 1 saturated carbocycles. The third-order valence-electron chi connectivity index (χ3n) is 4.68. The van der Waals surface area contributed by atoms with Gasteiger partial charge in [0, 0.05) is 12.1 Å². The summed E-state index contributed by atoms with van der Waals surface area (Å²) in [6, 6.07) is 9.36. The summed E-state index contributed by atoms with van der Waals surface area (Å²) < 4.78 is 1.78. The number of carbonyl (C=O) groups excluding carboxylic acids is 1. The molecule has 2 N–H and O–H groups in total. The monoisotopic (exact) mass is 327 g/mol. The summed E-state index contributed by atoms with van der Waals surface area (Å²) in [7, 11) is 0. The number of para-hydroxylation sites is 2. The lowest BCUT2D eigenvalue weighted by Gasteiger charge is -2.36. The fourth-order valence-corrected chi connectivity index (χ4v) is 3.21. The van der Waals surface area contributed by atoms with Gasteiger partial charge in [0.05, 0.1) is 22.5 Å². The minimum absolute atomic E-state index is 0.00772. The van der Waals surface area contributed by atoms with E-state index in [1.165, 1.54) is 0 Å². The second-order valence-electron chi connectivity index (χ2n) is 6.52. The molecule has 1 aromatic heterocycles. The van der Waals surface area contributed by atoms with E-state index in [1.54, 1.807) is 10.7 Å². The van der Waals surface area contributed by atoms with Gasteiger partial charge in [0.25, 0.3) is 0 Å². The highest BCUT2D eigenvalue weighted by atomic mass is 16.4. The van der Waals surface area contributed by atoms with E-state index in [1.807, 2.05) is 38.1 Å². The van der Waals surface area contributed by atoms with E-state index in [0.29, 0.717) is 18.5 Å². The molecular weight excluding hydrogens is 306 g/mol. The SMILES string of the molecule is Cc1cc(C)n(-c2ccccc2NC(=O)CC2(C(=O)O)CCC2)n1. The number of benzene rings is 1. The summed E-state index contributed by atoms with van der Waals surface area (Å²) in [6.07, 6.45) is 2.00. The Hall–Kier alpha value is -2.63. The Balaban J connectivity index is 1.82. The molecule has 0 saturated heterocycles. The molecule has 1 amide bonds. The number of aromatic nitrogens is 2. The first-order chi connectivity index (χ1) is 11.4. The average molecular weight is 327 g/mol. The van der Waals surface area contributed by atoms with Gasteiger partial charge in [0.1, 0.15) is 0 Å². The largest absolute Gasteiger partial charge is 0.481 e. The third kappa shape index (κ3) is 2.91. The van der Waals surface area contributed by atoms with Crippen molar-refractivity contribution in [3.05, 3.63) is 41.7 Å². The Morgan fingerprint density at radius 1 is 1.29 bits per heavy atom. The van der Waals surface area contributed by atoms with Crippen molar-refractivity contribution in [2.75, 3.05) is 5.32 Å². The maximum absolute atomic E-state index is 12.4. The molecule has 2 aromatic rings.